The number of aryl methyl sites for hydroxylation is 1. The van der Waals surface area contributed by atoms with Crippen molar-refractivity contribution in [1.29, 1.82) is 0 Å². The van der Waals surface area contributed by atoms with Gasteiger partial charge in [-0.2, -0.15) is 0 Å². The summed E-state index contributed by atoms with van der Waals surface area (Å²) in [6.45, 7) is 2.11. The van der Waals surface area contributed by atoms with E-state index in [2.05, 4.69) is 114 Å². The highest BCUT2D eigenvalue weighted by molar-refractivity contribution is 14.1. The SMILES string of the molecule is Cc1ccc(-c2cc(-c3ccccc3)cc(-c3ccc(I)cc3)n2)cc1. The number of benzene rings is 3. The van der Waals surface area contributed by atoms with Crippen LogP contribution >= 0.6 is 22.6 Å². The largest absolute Gasteiger partial charge is 0.248 e. The molecular weight excluding hydrogens is 429 g/mol. The van der Waals surface area contributed by atoms with Gasteiger partial charge in [0.1, 0.15) is 0 Å². The Kier molecular flexibility index (Phi) is 4.85. The smallest absolute Gasteiger partial charge is 0.0715 e. The average molecular weight is 447 g/mol. The van der Waals surface area contributed by atoms with E-state index in [-0.39, 0.29) is 0 Å². The Morgan fingerprint density at radius 3 is 1.69 bits per heavy atom. The first-order valence-electron chi connectivity index (χ1n) is 8.59. The monoisotopic (exact) mass is 447 g/mol. The third kappa shape index (κ3) is 3.70. The minimum absolute atomic E-state index is 0.998. The van der Waals surface area contributed by atoms with Crippen molar-refractivity contribution >= 4 is 22.6 Å². The van der Waals surface area contributed by atoms with E-state index < -0.39 is 0 Å². The van der Waals surface area contributed by atoms with Crippen LogP contribution in [0.2, 0.25) is 0 Å². The second-order valence-electron chi connectivity index (χ2n) is 6.37. The normalized spacial score (nSPS) is 10.7. The predicted octanol–water partition coefficient (Wildman–Crippen LogP) is 7.00. The summed E-state index contributed by atoms with van der Waals surface area (Å²) in [5.41, 5.74) is 7.92. The number of hydrogen-bond donors (Lipinski definition) is 0. The second-order valence-corrected chi connectivity index (χ2v) is 7.61. The van der Waals surface area contributed by atoms with Crippen LogP contribution in [0.25, 0.3) is 33.6 Å². The summed E-state index contributed by atoms with van der Waals surface area (Å²) in [5.74, 6) is 0. The van der Waals surface area contributed by atoms with Gasteiger partial charge in [0.25, 0.3) is 0 Å². The molecule has 0 amide bonds. The van der Waals surface area contributed by atoms with Gasteiger partial charge in [-0.3, -0.25) is 0 Å². The van der Waals surface area contributed by atoms with Crippen LogP contribution in [0.5, 0.6) is 0 Å². The Balaban J connectivity index is 1.89. The summed E-state index contributed by atoms with van der Waals surface area (Å²) in [7, 11) is 0. The van der Waals surface area contributed by atoms with Crippen LogP contribution in [0.4, 0.5) is 0 Å². The van der Waals surface area contributed by atoms with E-state index in [1.54, 1.807) is 0 Å². The fraction of sp³-hybridized carbons (Fsp3) is 0.0417. The zero-order valence-corrected chi connectivity index (χ0v) is 16.6. The Hall–Kier alpha value is -2.46. The van der Waals surface area contributed by atoms with E-state index in [4.69, 9.17) is 4.98 Å². The molecule has 0 radical (unpaired) electrons. The number of rotatable bonds is 3. The highest BCUT2D eigenvalue weighted by atomic mass is 127. The molecule has 0 aliphatic heterocycles. The number of halogens is 1. The first-order valence-corrected chi connectivity index (χ1v) is 9.67. The van der Waals surface area contributed by atoms with Gasteiger partial charge in [0.15, 0.2) is 0 Å². The topological polar surface area (TPSA) is 12.9 Å². The van der Waals surface area contributed by atoms with Gasteiger partial charge in [0, 0.05) is 14.7 Å². The number of hydrogen-bond acceptors (Lipinski definition) is 1. The predicted molar refractivity (Wildman–Crippen MR) is 118 cm³/mol. The molecule has 1 aromatic heterocycles. The van der Waals surface area contributed by atoms with E-state index in [0.29, 0.717) is 0 Å². The van der Waals surface area contributed by atoms with Gasteiger partial charge in [-0.1, -0.05) is 72.3 Å². The number of nitrogens with zero attached hydrogens (tertiary/aromatic N) is 1. The molecule has 1 nitrogen and oxygen atoms in total. The van der Waals surface area contributed by atoms with Crippen molar-refractivity contribution in [2.24, 2.45) is 0 Å². The maximum atomic E-state index is 4.96. The van der Waals surface area contributed by atoms with E-state index >= 15 is 0 Å². The third-order valence-electron chi connectivity index (χ3n) is 4.42. The van der Waals surface area contributed by atoms with Crippen LogP contribution in [0, 0.1) is 10.5 Å². The molecule has 2 heteroatoms. The van der Waals surface area contributed by atoms with Gasteiger partial charge >= 0.3 is 0 Å². The Morgan fingerprint density at radius 2 is 1.12 bits per heavy atom. The van der Waals surface area contributed by atoms with Gasteiger partial charge < -0.3 is 0 Å². The van der Waals surface area contributed by atoms with Crippen LogP contribution < -0.4 is 0 Å². The second kappa shape index (κ2) is 7.42. The van der Waals surface area contributed by atoms with E-state index in [1.165, 1.54) is 20.3 Å². The molecule has 0 spiro atoms. The molecule has 0 saturated carbocycles. The standard InChI is InChI=1S/C24H18IN/c1-17-7-9-19(10-8-17)23-15-21(18-5-3-2-4-6-18)16-24(26-23)20-11-13-22(25)14-12-20/h2-16H,1H3. The molecule has 4 rings (SSSR count). The quantitative estimate of drug-likeness (QED) is 0.308. The number of aromatic nitrogens is 1. The Morgan fingerprint density at radius 1 is 0.577 bits per heavy atom. The molecule has 4 aromatic rings. The third-order valence-corrected chi connectivity index (χ3v) is 5.14. The highest BCUT2D eigenvalue weighted by Gasteiger charge is 2.09. The average Bonchev–Trinajstić information content (AvgIpc) is 2.69. The molecule has 0 unspecified atom stereocenters. The molecule has 1 heterocycles. The maximum absolute atomic E-state index is 4.96. The fourth-order valence-corrected chi connectivity index (χ4v) is 3.33. The first-order chi connectivity index (χ1) is 12.7. The molecule has 0 saturated heterocycles. The minimum Gasteiger partial charge on any atom is -0.248 e. The lowest BCUT2D eigenvalue weighted by atomic mass is 10.00. The highest BCUT2D eigenvalue weighted by Crippen LogP contribution is 2.30. The zero-order valence-electron chi connectivity index (χ0n) is 14.5. The van der Waals surface area contributed by atoms with Crippen molar-refractivity contribution in [2.45, 2.75) is 6.92 Å². The summed E-state index contributed by atoms with van der Waals surface area (Å²) in [6, 6.07) is 31.9. The molecule has 0 N–H and O–H groups in total. The van der Waals surface area contributed by atoms with E-state index in [0.717, 1.165) is 22.5 Å². The van der Waals surface area contributed by atoms with Crippen LogP contribution in [0.1, 0.15) is 5.56 Å². The lowest BCUT2D eigenvalue weighted by molar-refractivity contribution is 1.32. The summed E-state index contributed by atoms with van der Waals surface area (Å²) in [4.78, 5) is 4.96. The first kappa shape index (κ1) is 17.0. The summed E-state index contributed by atoms with van der Waals surface area (Å²) >= 11 is 2.33. The Labute approximate surface area is 167 Å². The maximum Gasteiger partial charge on any atom is 0.0715 e. The summed E-state index contributed by atoms with van der Waals surface area (Å²) < 4.78 is 1.23. The molecule has 0 aliphatic carbocycles. The number of pyridine rings is 1. The van der Waals surface area contributed by atoms with Gasteiger partial charge in [-0.25, -0.2) is 4.98 Å². The Bertz CT molecular complexity index is 956. The van der Waals surface area contributed by atoms with Crippen molar-refractivity contribution in [3.8, 4) is 33.6 Å². The van der Waals surface area contributed by atoms with E-state index in [1.807, 2.05) is 6.07 Å². The molecule has 0 aliphatic rings. The molecule has 0 fully saturated rings. The van der Waals surface area contributed by atoms with Crippen LogP contribution in [-0.2, 0) is 0 Å². The molecular formula is C24H18IN. The van der Waals surface area contributed by atoms with Crippen LogP contribution in [0.15, 0.2) is 91.0 Å². The lowest BCUT2D eigenvalue weighted by Crippen LogP contribution is -1.91. The summed E-state index contributed by atoms with van der Waals surface area (Å²) in [5, 5.41) is 0. The van der Waals surface area contributed by atoms with Gasteiger partial charge in [-0.15, -0.1) is 0 Å². The molecule has 26 heavy (non-hydrogen) atoms. The molecule has 126 valence electrons. The summed E-state index contributed by atoms with van der Waals surface area (Å²) in [6.07, 6.45) is 0. The van der Waals surface area contributed by atoms with E-state index in [9.17, 15) is 0 Å². The fourth-order valence-electron chi connectivity index (χ4n) is 2.97. The van der Waals surface area contributed by atoms with Crippen molar-refractivity contribution in [3.63, 3.8) is 0 Å². The van der Waals surface area contributed by atoms with Crippen molar-refractivity contribution in [2.75, 3.05) is 0 Å². The lowest BCUT2D eigenvalue weighted by Gasteiger charge is -2.10. The molecule has 0 bridgehead atoms. The minimum atomic E-state index is 0.998. The van der Waals surface area contributed by atoms with Crippen molar-refractivity contribution < 1.29 is 0 Å². The van der Waals surface area contributed by atoms with Crippen molar-refractivity contribution in [3.05, 3.63) is 100 Å². The molecule has 3 aromatic carbocycles. The van der Waals surface area contributed by atoms with Crippen molar-refractivity contribution in [1.82, 2.24) is 4.98 Å². The zero-order chi connectivity index (χ0) is 17.9. The van der Waals surface area contributed by atoms with Crippen LogP contribution in [0.3, 0.4) is 0 Å². The van der Waals surface area contributed by atoms with Gasteiger partial charge in [0.2, 0.25) is 0 Å². The van der Waals surface area contributed by atoms with Gasteiger partial charge in [0.05, 0.1) is 11.4 Å². The van der Waals surface area contributed by atoms with Gasteiger partial charge in [-0.05, 0) is 64.9 Å². The van der Waals surface area contributed by atoms with Crippen LogP contribution in [-0.4, -0.2) is 4.98 Å². The molecule has 0 atom stereocenters.